The summed E-state index contributed by atoms with van der Waals surface area (Å²) in [6.45, 7) is 4.04. The predicted octanol–water partition coefficient (Wildman–Crippen LogP) is 1.84. The lowest BCUT2D eigenvalue weighted by molar-refractivity contribution is -0.133. The number of likely N-dealkylation sites (tertiary alicyclic amines) is 1. The van der Waals surface area contributed by atoms with Gasteiger partial charge < -0.3 is 9.80 Å². The number of nitrogens with zero attached hydrogens (tertiary/aromatic N) is 5. The zero-order valence-electron chi connectivity index (χ0n) is 14.6. The Balaban J connectivity index is 1.77. The topological polar surface area (TPSA) is 54.3 Å². The highest BCUT2D eigenvalue weighted by Gasteiger charge is 2.25. The number of carbonyl (C=O) groups is 1. The first-order chi connectivity index (χ1) is 11.5. The van der Waals surface area contributed by atoms with Gasteiger partial charge in [-0.2, -0.15) is 0 Å². The summed E-state index contributed by atoms with van der Waals surface area (Å²) in [5.41, 5.74) is 1.06. The molecule has 3 heterocycles. The Hall–Kier alpha value is -2.21. The molecule has 1 amide bonds. The van der Waals surface area contributed by atoms with E-state index in [1.54, 1.807) is 6.20 Å². The Bertz CT molecular complexity index is 709. The van der Waals surface area contributed by atoms with Crippen LogP contribution in [0.4, 0.5) is 0 Å². The number of rotatable bonds is 4. The Kier molecular flexibility index (Phi) is 4.94. The first-order valence-corrected chi connectivity index (χ1v) is 8.44. The van der Waals surface area contributed by atoms with Crippen LogP contribution in [0.25, 0.3) is 5.82 Å². The summed E-state index contributed by atoms with van der Waals surface area (Å²) < 4.78 is 1.99. The number of likely N-dealkylation sites (N-methyl/N-ethyl adjacent to an activating group) is 1. The van der Waals surface area contributed by atoms with Crippen molar-refractivity contribution >= 4 is 5.91 Å². The van der Waals surface area contributed by atoms with Gasteiger partial charge in [0.1, 0.15) is 11.6 Å². The molecule has 0 aliphatic carbocycles. The van der Waals surface area contributed by atoms with Crippen molar-refractivity contribution in [3.05, 3.63) is 42.1 Å². The van der Waals surface area contributed by atoms with Gasteiger partial charge in [-0.05, 0) is 46.0 Å². The molecule has 2 aromatic rings. The quantitative estimate of drug-likeness (QED) is 0.860. The van der Waals surface area contributed by atoms with Crippen LogP contribution in [0.15, 0.2) is 30.6 Å². The van der Waals surface area contributed by atoms with Gasteiger partial charge in [-0.25, -0.2) is 9.97 Å². The van der Waals surface area contributed by atoms with E-state index in [0.717, 1.165) is 43.3 Å². The van der Waals surface area contributed by atoms with Gasteiger partial charge in [0.25, 0.3) is 0 Å². The summed E-state index contributed by atoms with van der Waals surface area (Å²) >= 11 is 0. The maximum absolute atomic E-state index is 12.3. The van der Waals surface area contributed by atoms with Crippen molar-refractivity contribution in [1.29, 1.82) is 0 Å². The zero-order chi connectivity index (χ0) is 17.1. The predicted molar refractivity (Wildman–Crippen MR) is 93.2 cm³/mol. The summed E-state index contributed by atoms with van der Waals surface area (Å²) in [4.78, 5) is 25.3. The summed E-state index contributed by atoms with van der Waals surface area (Å²) in [6, 6.07) is 6.11. The minimum absolute atomic E-state index is 0.200. The SMILES string of the molecule is Cc1nccn1-c1cccc([C@@H]2CCCN(C(=O)CN(C)C)C2)n1. The van der Waals surface area contributed by atoms with Gasteiger partial charge in [-0.3, -0.25) is 9.36 Å². The number of hydrogen-bond acceptors (Lipinski definition) is 4. The third-order valence-electron chi connectivity index (χ3n) is 4.47. The average Bonchev–Trinajstić information content (AvgIpc) is 3.00. The maximum Gasteiger partial charge on any atom is 0.236 e. The van der Waals surface area contributed by atoms with E-state index in [1.165, 1.54) is 0 Å². The standard InChI is InChI=1S/C18H25N5O/c1-14-19-9-11-23(14)17-8-4-7-16(20-17)15-6-5-10-22(12-15)18(24)13-21(2)3/h4,7-9,11,15H,5-6,10,12-13H2,1-3H3/t15-/m1/s1. The molecule has 0 bridgehead atoms. The highest BCUT2D eigenvalue weighted by molar-refractivity contribution is 5.78. The van der Waals surface area contributed by atoms with Crippen molar-refractivity contribution < 1.29 is 4.79 Å². The second kappa shape index (κ2) is 7.13. The highest BCUT2D eigenvalue weighted by atomic mass is 16.2. The van der Waals surface area contributed by atoms with Crippen LogP contribution in [0, 0.1) is 6.92 Å². The number of piperidine rings is 1. The molecule has 3 rings (SSSR count). The molecule has 6 heteroatoms. The molecule has 1 saturated heterocycles. The minimum Gasteiger partial charge on any atom is -0.341 e. The molecule has 2 aromatic heterocycles. The Labute approximate surface area is 143 Å². The molecule has 1 fully saturated rings. The second-order valence-electron chi connectivity index (χ2n) is 6.68. The van der Waals surface area contributed by atoms with Crippen molar-refractivity contribution in [1.82, 2.24) is 24.3 Å². The van der Waals surface area contributed by atoms with Crippen LogP contribution in [-0.2, 0) is 4.79 Å². The van der Waals surface area contributed by atoms with E-state index < -0.39 is 0 Å². The van der Waals surface area contributed by atoms with E-state index in [2.05, 4.69) is 11.1 Å². The van der Waals surface area contributed by atoms with Crippen molar-refractivity contribution in [2.24, 2.45) is 0 Å². The first-order valence-electron chi connectivity index (χ1n) is 8.44. The fraction of sp³-hybridized carbons (Fsp3) is 0.500. The van der Waals surface area contributed by atoms with Crippen LogP contribution in [0.5, 0.6) is 0 Å². The van der Waals surface area contributed by atoms with Crippen LogP contribution in [0.1, 0.15) is 30.3 Å². The van der Waals surface area contributed by atoms with Crippen molar-refractivity contribution in [2.45, 2.75) is 25.7 Å². The first kappa shape index (κ1) is 16.6. The lowest BCUT2D eigenvalue weighted by atomic mass is 9.94. The van der Waals surface area contributed by atoms with E-state index in [0.29, 0.717) is 12.5 Å². The maximum atomic E-state index is 12.3. The Morgan fingerprint density at radius 2 is 2.21 bits per heavy atom. The molecule has 0 radical (unpaired) electrons. The number of carbonyl (C=O) groups excluding carboxylic acids is 1. The van der Waals surface area contributed by atoms with E-state index in [9.17, 15) is 4.79 Å². The molecule has 0 spiro atoms. The normalized spacial score (nSPS) is 18.2. The lowest BCUT2D eigenvalue weighted by Gasteiger charge is -2.33. The fourth-order valence-corrected chi connectivity index (χ4v) is 3.24. The van der Waals surface area contributed by atoms with Crippen molar-refractivity contribution in [3.63, 3.8) is 0 Å². The van der Waals surface area contributed by atoms with Gasteiger partial charge in [0.15, 0.2) is 0 Å². The fourth-order valence-electron chi connectivity index (χ4n) is 3.24. The molecule has 1 atom stereocenters. The number of amides is 1. The summed E-state index contributed by atoms with van der Waals surface area (Å²) in [6.07, 6.45) is 5.81. The molecular weight excluding hydrogens is 302 g/mol. The van der Waals surface area contributed by atoms with Gasteiger partial charge in [-0.15, -0.1) is 0 Å². The molecule has 0 aromatic carbocycles. The number of aromatic nitrogens is 3. The third-order valence-corrected chi connectivity index (χ3v) is 4.47. The van der Waals surface area contributed by atoms with E-state index in [-0.39, 0.29) is 5.91 Å². The average molecular weight is 327 g/mol. The van der Waals surface area contributed by atoms with Crippen molar-refractivity contribution in [3.8, 4) is 5.82 Å². The van der Waals surface area contributed by atoms with Crippen LogP contribution in [0.2, 0.25) is 0 Å². The van der Waals surface area contributed by atoms with Gasteiger partial charge in [0, 0.05) is 37.1 Å². The molecule has 6 nitrogen and oxygen atoms in total. The number of hydrogen-bond donors (Lipinski definition) is 0. The molecule has 1 aliphatic heterocycles. The highest BCUT2D eigenvalue weighted by Crippen LogP contribution is 2.26. The van der Waals surface area contributed by atoms with E-state index >= 15 is 0 Å². The zero-order valence-corrected chi connectivity index (χ0v) is 14.6. The molecule has 128 valence electrons. The van der Waals surface area contributed by atoms with Crippen LogP contribution in [0.3, 0.4) is 0 Å². The lowest BCUT2D eigenvalue weighted by Crippen LogP contribution is -2.43. The van der Waals surface area contributed by atoms with Crippen LogP contribution >= 0.6 is 0 Å². The monoisotopic (exact) mass is 327 g/mol. The third kappa shape index (κ3) is 3.64. The Morgan fingerprint density at radius 3 is 2.92 bits per heavy atom. The van der Waals surface area contributed by atoms with Gasteiger partial charge >= 0.3 is 0 Å². The summed E-state index contributed by atoms with van der Waals surface area (Å²) in [5.74, 6) is 2.31. The summed E-state index contributed by atoms with van der Waals surface area (Å²) in [5, 5.41) is 0. The minimum atomic E-state index is 0.200. The van der Waals surface area contributed by atoms with Gasteiger partial charge in [-0.1, -0.05) is 6.07 Å². The number of pyridine rings is 1. The van der Waals surface area contributed by atoms with Crippen LogP contribution < -0.4 is 0 Å². The smallest absolute Gasteiger partial charge is 0.236 e. The molecule has 24 heavy (non-hydrogen) atoms. The number of imidazole rings is 1. The van der Waals surface area contributed by atoms with Crippen LogP contribution in [-0.4, -0.2) is 64.0 Å². The molecule has 1 aliphatic rings. The molecule has 0 N–H and O–H groups in total. The van der Waals surface area contributed by atoms with Gasteiger partial charge in [0.05, 0.1) is 6.54 Å². The summed E-state index contributed by atoms with van der Waals surface area (Å²) in [7, 11) is 3.86. The molecule has 0 unspecified atom stereocenters. The second-order valence-corrected chi connectivity index (χ2v) is 6.68. The van der Waals surface area contributed by atoms with E-state index in [4.69, 9.17) is 4.98 Å². The molecular formula is C18H25N5O. The molecule has 0 saturated carbocycles. The van der Waals surface area contributed by atoms with Gasteiger partial charge in [0.2, 0.25) is 5.91 Å². The Morgan fingerprint density at radius 1 is 1.38 bits per heavy atom. The number of aryl methyl sites for hydroxylation is 1. The van der Waals surface area contributed by atoms with Crippen molar-refractivity contribution in [2.75, 3.05) is 33.7 Å². The van der Waals surface area contributed by atoms with E-state index in [1.807, 2.05) is 53.7 Å². The largest absolute Gasteiger partial charge is 0.341 e.